The third-order valence-corrected chi connectivity index (χ3v) is 1.50. The minimum absolute atomic E-state index is 0.116. The van der Waals surface area contributed by atoms with Gasteiger partial charge >= 0.3 is 0 Å². The van der Waals surface area contributed by atoms with Crippen molar-refractivity contribution in [3.05, 3.63) is 11.6 Å². The standard InChI is InChI=1S/C9H12N2/c1-3-4-9(5-6-10)8(2)7-11/h4,8H,3,5H2,1-2H3/b9-4+/t8-/m0/s1. The van der Waals surface area contributed by atoms with Crippen LogP contribution in [0.2, 0.25) is 0 Å². The van der Waals surface area contributed by atoms with Gasteiger partial charge in [0.15, 0.2) is 0 Å². The summed E-state index contributed by atoms with van der Waals surface area (Å²) in [6, 6.07) is 4.16. The van der Waals surface area contributed by atoms with Crippen molar-refractivity contribution < 1.29 is 0 Å². The van der Waals surface area contributed by atoms with Gasteiger partial charge in [-0.25, -0.2) is 0 Å². The Labute approximate surface area is 67.8 Å². The van der Waals surface area contributed by atoms with Crippen molar-refractivity contribution in [3.63, 3.8) is 0 Å². The highest BCUT2D eigenvalue weighted by Crippen LogP contribution is 2.13. The zero-order valence-electron chi connectivity index (χ0n) is 6.96. The minimum Gasteiger partial charge on any atom is -0.198 e. The molecule has 2 heteroatoms. The first-order valence-electron chi connectivity index (χ1n) is 3.71. The minimum atomic E-state index is -0.116. The van der Waals surface area contributed by atoms with Crippen LogP contribution in [0.1, 0.15) is 26.7 Å². The first-order chi connectivity index (χ1) is 5.26. The molecule has 0 aromatic rings. The van der Waals surface area contributed by atoms with E-state index in [1.54, 1.807) is 0 Å². The van der Waals surface area contributed by atoms with Crippen molar-refractivity contribution in [2.75, 3.05) is 0 Å². The van der Waals surface area contributed by atoms with Crippen molar-refractivity contribution in [1.82, 2.24) is 0 Å². The van der Waals surface area contributed by atoms with E-state index >= 15 is 0 Å². The molecule has 0 saturated heterocycles. The van der Waals surface area contributed by atoms with E-state index in [2.05, 4.69) is 6.07 Å². The lowest BCUT2D eigenvalue weighted by molar-refractivity contribution is 0.839. The maximum atomic E-state index is 8.56. The van der Waals surface area contributed by atoms with E-state index in [1.165, 1.54) is 0 Å². The van der Waals surface area contributed by atoms with E-state index in [0.29, 0.717) is 6.42 Å². The van der Waals surface area contributed by atoms with Crippen molar-refractivity contribution >= 4 is 0 Å². The van der Waals surface area contributed by atoms with Gasteiger partial charge in [0.25, 0.3) is 0 Å². The first-order valence-corrected chi connectivity index (χ1v) is 3.71. The van der Waals surface area contributed by atoms with Crippen LogP contribution in [0.3, 0.4) is 0 Å². The molecule has 0 rings (SSSR count). The SMILES string of the molecule is CC/C=C(\CC#N)[C@@H](C)C#N. The van der Waals surface area contributed by atoms with E-state index in [0.717, 1.165) is 12.0 Å². The molecule has 0 aromatic carbocycles. The Morgan fingerprint density at radius 2 is 2.18 bits per heavy atom. The van der Waals surface area contributed by atoms with Crippen LogP contribution in [-0.2, 0) is 0 Å². The van der Waals surface area contributed by atoms with Crippen LogP contribution < -0.4 is 0 Å². The van der Waals surface area contributed by atoms with Gasteiger partial charge in [-0.1, -0.05) is 13.0 Å². The number of rotatable bonds is 3. The molecule has 0 radical (unpaired) electrons. The van der Waals surface area contributed by atoms with E-state index in [1.807, 2.05) is 26.0 Å². The topological polar surface area (TPSA) is 47.6 Å². The molecule has 2 nitrogen and oxygen atoms in total. The van der Waals surface area contributed by atoms with Crippen LogP contribution in [0, 0.1) is 28.6 Å². The monoisotopic (exact) mass is 148 g/mol. The molecule has 58 valence electrons. The Morgan fingerprint density at radius 3 is 2.55 bits per heavy atom. The third kappa shape index (κ3) is 3.43. The van der Waals surface area contributed by atoms with Gasteiger partial charge in [0, 0.05) is 0 Å². The van der Waals surface area contributed by atoms with Crippen LogP contribution in [0.25, 0.3) is 0 Å². The smallest absolute Gasteiger partial charge is 0.0697 e. The predicted molar refractivity (Wildman–Crippen MR) is 43.4 cm³/mol. The molecule has 0 heterocycles. The summed E-state index contributed by atoms with van der Waals surface area (Å²) >= 11 is 0. The van der Waals surface area contributed by atoms with Gasteiger partial charge in [-0.05, 0) is 18.9 Å². The Balaban J connectivity index is 4.26. The molecule has 0 fully saturated rings. The summed E-state index contributed by atoms with van der Waals surface area (Å²) in [5.74, 6) is -0.116. The molecule has 0 N–H and O–H groups in total. The maximum absolute atomic E-state index is 8.56. The van der Waals surface area contributed by atoms with Crippen molar-refractivity contribution in [2.45, 2.75) is 26.7 Å². The molecule has 0 aliphatic rings. The highest BCUT2D eigenvalue weighted by molar-refractivity contribution is 5.16. The van der Waals surface area contributed by atoms with Crippen LogP contribution in [-0.4, -0.2) is 0 Å². The second kappa shape index (κ2) is 5.50. The van der Waals surface area contributed by atoms with Gasteiger partial charge in [0.2, 0.25) is 0 Å². The molecule has 0 unspecified atom stereocenters. The first kappa shape index (κ1) is 9.72. The number of nitrogens with zero attached hydrogens (tertiary/aromatic N) is 2. The van der Waals surface area contributed by atoms with E-state index < -0.39 is 0 Å². The quantitative estimate of drug-likeness (QED) is 0.577. The summed E-state index contributed by atoms with van der Waals surface area (Å²) < 4.78 is 0. The summed E-state index contributed by atoms with van der Waals surface area (Å²) in [4.78, 5) is 0. The molecule has 0 aromatic heterocycles. The largest absolute Gasteiger partial charge is 0.198 e. The molecule has 0 saturated carbocycles. The van der Waals surface area contributed by atoms with Gasteiger partial charge < -0.3 is 0 Å². The molecule has 1 atom stereocenters. The zero-order chi connectivity index (χ0) is 8.69. The van der Waals surface area contributed by atoms with E-state index in [-0.39, 0.29) is 5.92 Å². The summed E-state index contributed by atoms with van der Waals surface area (Å²) in [7, 11) is 0. The van der Waals surface area contributed by atoms with Crippen LogP contribution in [0.4, 0.5) is 0 Å². The number of allylic oxidation sites excluding steroid dienone is 2. The molecule has 0 bridgehead atoms. The Morgan fingerprint density at radius 1 is 1.55 bits per heavy atom. The average Bonchev–Trinajstić information content (AvgIpc) is 2.03. The lowest BCUT2D eigenvalue weighted by Crippen LogP contribution is -1.94. The average molecular weight is 148 g/mol. The summed E-state index contributed by atoms with van der Waals surface area (Å²) in [6.07, 6.45) is 3.22. The van der Waals surface area contributed by atoms with E-state index in [4.69, 9.17) is 10.5 Å². The second-order valence-corrected chi connectivity index (χ2v) is 2.37. The Kier molecular flexibility index (Phi) is 4.86. The highest BCUT2D eigenvalue weighted by atomic mass is 14.3. The van der Waals surface area contributed by atoms with Gasteiger partial charge in [-0.2, -0.15) is 10.5 Å². The molecular weight excluding hydrogens is 136 g/mol. The van der Waals surface area contributed by atoms with Crippen molar-refractivity contribution in [3.8, 4) is 12.1 Å². The Hall–Kier alpha value is -1.28. The fourth-order valence-corrected chi connectivity index (χ4v) is 0.838. The molecule has 0 aliphatic heterocycles. The molecule has 0 spiro atoms. The third-order valence-electron chi connectivity index (χ3n) is 1.50. The van der Waals surface area contributed by atoms with Gasteiger partial charge in [0.1, 0.15) is 0 Å². The molecular formula is C9H12N2. The lowest BCUT2D eigenvalue weighted by atomic mass is 9.99. The lowest BCUT2D eigenvalue weighted by Gasteiger charge is -2.02. The maximum Gasteiger partial charge on any atom is 0.0697 e. The number of nitriles is 2. The number of hydrogen-bond acceptors (Lipinski definition) is 2. The summed E-state index contributed by atoms with van der Waals surface area (Å²) in [5.41, 5.74) is 0.942. The molecule has 11 heavy (non-hydrogen) atoms. The van der Waals surface area contributed by atoms with Crippen LogP contribution >= 0.6 is 0 Å². The van der Waals surface area contributed by atoms with Crippen molar-refractivity contribution in [2.24, 2.45) is 5.92 Å². The molecule has 0 amide bonds. The Bertz CT molecular complexity index is 215. The number of hydrogen-bond donors (Lipinski definition) is 0. The van der Waals surface area contributed by atoms with Crippen molar-refractivity contribution in [1.29, 1.82) is 10.5 Å². The summed E-state index contributed by atoms with van der Waals surface area (Å²) in [5, 5.41) is 17.0. The summed E-state index contributed by atoms with van der Waals surface area (Å²) in [6.45, 7) is 3.82. The van der Waals surface area contributed by atoms with Crippen LogP contribution in [0.5, 0.6) is 0 Å². The van der Waals surface area contributed by atoms with Gasteiger partial charge in [-0.3, -0.25) is 0 Å². The van der Waals surface area contributed by atoms with Gasteiger partial charge in [-0.15, -0.1) is 0 Å². The molecule has 0 aliphatic carbocycles. The van der Waals surface area contributed by atoms with Crippen LogP contribution in [0.15, 0.2) is 11.6 Å². The highest BCUT2D eigenvalue weighted by Gasteiger charge is 2.05. The second-order valence-electron chi connectivity index (χ2n) is 2.37. The normalized spacial score (nSPS) is 13.3. The predicted octanol–water partition coefficient (Wildman–Crippen LogP) is 2.40. The zero-order valence-corrected chi connectivity index (χ0v) is 6.96. The fourth-order valence-electron chi connectivity index (χ4n) is 0.838. The fraction of sp³-hybridized carbons (Fsp3) is 0.556. The van der Waals surface area contributed by atoms with Gasteiger partial charge in [0.05, 0.1) is 24.5 Å². The van der Waals surface area contributed by atoms with E-state index in [9.17, 15) is 0 Å².